The van der Waals surface area contributed by atoms with Gasteiger partial charge >= 0.3 is 0 Å². The molecule has 0 spiro atoms. The summed E-state index contributed by atoms with van der Waals surface area (Å²) in [5.74, 6) is 0.838. The largest absolute Gasteiger partial charge is 0.489 e. The molecular formula is C18H18FNO2. The Hall–Kier alpha value is -2.36. The highest BCUT2D eigenvalue weighted by Crippen LogP contribution is 2.28. The smallest absolute Gasteiger partial charge is 0.223 e. The minimum atomic E-state index is -0.261. The fourth-order valence-corrected chi connectivity index (χ4v) is 2.18. The first kappa shape index (κ1) is 14.6. The molecule has 22 heavy (non-hydrogen) atoms. The number of carbonyl (C=O) groups is 1. The number of amides is 1. The lowest BCUT2D eigenvalue weighted by Crippen LogP contribution is -2.24. The van der Waals surface area contributed by atoms with Gasteiger partial charge in [0.25, 0.3) is 0 Å². The van der Waals surface area contributed by atoms with E-state index in [0.29, 0.717) is 13.2 Å². The van der Waals surface area contributed by atoms with Gasteiger partial charge in [0, 0.05) is 12.5 Å². The van der Waals surface area contributed by atoms with E-state index < -0.39 is 0 Å². The summed E-state index contributed by atoms with van der Waals surface area (Å²) in [6.45, 7) is 0.870. The highest BCUT2D eigenvalue weighted by atomic mass is 19.1. The number of hydrogen-bond donors (Lipinski definition) is 1. The molecule has 0 bridgehead atoms. The molecule has 1 saturated carbocycles. The molecule has 0 unspecified atom stereocenters. The topological polar surface area (TPSA) is 38.3 Å². The van der Waals surface area contributed by atoms with Crippen molar-refractivity contribution in [3.63, 3.8) is 0 Å². The lowest BCUT2D eigenvalue weighted by molar-refractivity contribution is -0.122. The third kappa shape index (κ3) is 4.07. The predicted octanol–water partition coefficient (Wildman–Crippen LogP) is 3.43. The van der Waals surface area contributed by atoms with Crippen LogP contribution in [0.5, 0.6) is 5.75 Å². The first-order valence-corrected chi connectivity index (χ1v) is 7.44. The highest BCUT2D eigenvalue weighted by Gasteiger charge is 2.29. The van der Waals surface area contributed by atoms with Crippen molar-refractivity contribution in [1.82, 2.24) is 5.32 Å². The maximum atomic E-state index is 13.1. The zero-order valence-electron chi connectivity index (χ0n) is 12.2. The number of ether oxygens (including phenoxy) is 1. The summed E-state index contributed by atoms with van der Waals surface area (Å²) in [6.07, 6.45) is 2.03. The van der Waals surface area contributed by atoms with Gasteiger partial charge in [0.1, 0.15) is 18.2 Å². The molecule has 0 radical (unpaired) electrons. The molecule has 114 valence electrons. The molecule has 1 N–H and O–H groups in total. The summed E-state index contributed by atoms with van der Waals surface area (Å²) >= 11 is 0. The molecule has 1 aliphatic carbocycles. The van der Waals surface area contributed by atoms with Gasteiger partial charge in [-0.05, 0) is 48.2 Å². The quantitative estimate of drug-likeness (QED) is 0.887. The van der Waals surface area contributed by atoms with E-state index in [1.807, 2.05) is 30.3 Å². The number of carbonyl (C=O) groups excluding carboxylic acids is 1. The van der Waals surface area contributed by atoms with E-state index in [-0.39, 0.29) is 17.6 Å². The van der Waals surface area contributed by atoms with Crippen molar-refractivity contribution >= 4 is 5.91 Å². The molecule has 3 nitrogen and oxygen atoms in total. The van der Waals surface area contributed by atoms with Gasteiger partial charge in [-0.25, -0.2) is 4.39 Å². The molecule has 2 aromatic carbocycles. The zero-order chi connectivity index (χ0) is 15.4. The molecule has 1 aliphatic rings. The van der Waals surface area contributed by atoms with Crippen molar-refractivity contribution in [3.8, 4) is 5.75 Å². The third-order valence-corrected chi connectivity index (χ3v) is 3.63. The predicted molar refractivity (Wildman–Crippen MR) is 81.7 cm³/mol. The summed E-state index contributed by atoms with van der Waals surface area (Å²) in [5, 5.41) is 2.92. The lowest BCUT2D eigenvalue weighted by atomic mass is 10.2. The van der Waals surface area contributed by atoms with Crippen molar-refractivity contribution in [2.75, 3.05) is 0 Å². The Morgan fingerprint density at radius 3 is 2.59 bits per heavy atom. The van der Waals surface area contributed by atoms with Gasteiger partial charge in [0.05, 0.1) is 0 Å². The van der Waals surface area contributed by atoms with Crippen LogP contribution >= 0.6 is 0 Å². The van der Waals surface area contributed by atoms with E-state index in [0.717, 1.165) is 29.7 Å². The van der Waals surface area contributed by atoms with Crippen LogP contribution in [-0.4, -0.2) is 5.91 Å². The molecular weight excluding hydrogens is 281 g/mol. The lowest BCUT2D eigenvalue weighted by Gasteiger charge is -2.08. The van der Waals surface area contributed by atoms with Gasteiger partial charge in [-0.1, -0.05) is 24.3 Å². The van der Waals surface area contributed by atoms with E-state index in [1.165, 1.54) is 12.1 Å². The SMILES string of the molecule is O=C(NCc1ccc(OCc2cccc(F)c2)cc1)C1CC1. The van der Waals surface area contributed by atoms with Crippen molar-refractivity contribution in [3.05, 3.63) is 65.5 Å². The second kappa shape index (κ2) is 6.60. The number of nitrogens with one attached hydrogen (secondary N) is 1. The third-order valence-electron chi connectivity index (χ3n) is 3.63. The van der Waals surface area contributed by atoms with Crippen LogP contribution in [0.1, 0.15) is 24.0 Å². The summed E-state index contributed by atoms with van der Waals surface area (Å²) in [7, 11) is 0. The fraction of sp³-hybridized carbons (Fsp3) is 0.278. The van der Waals surface area contributed by atoms with Crippen LogP contribution in [0, 0.1) is 11.7 Å². The highest BCUT2D eigenvalue weighted by molar-refractivity contribution is 5.80. The van der Waals surface area contributed by atoms with E-state index in [2.05, 4.69) is 5.32 Å². The van der Waals surface area contributed by atoms with Crippen molar-refractivity contribution < 1.29 is 13.9 Å². The van der Waals surface area contributed by atoms with Crippen molar-refractivity contribution in [2.24, 2.45) is 5.92 Å². The Morgan fingerprint density at radius 2 is 1.91 bits per heavy atom. The monoisotopic (exact) mass is 299 g/mol. The van der Waals surface area contributed by atoms with Gasteiger partial charge < -0.3 is 10.1 Å². The second-order valence-electron chi connectivity index (χ2n) is 5.55. The maximum absolute atomic E-state index is 13.1. The van der Waals surface area contributed by atoms with Crippen LogP contribution in [-0.2, 0) is 17.9 Å². The maximum Gasteiger partial charge on any atom is 0.223 e. The molecule has 4 heteroatoms. The van der Waals surface area contributed by atoms with E-state index in [4.69, 9.17) is 4.74 Å². The van der Waals surface area contributed by atoms with Crippen LogP contribution in [0.2, 0.25) is 0 Å². The van der Waals surface area contributed by atoms with E-state index >= 15 is 0 Å². The van der Waals surface area contributed by atoms with Crippen molar-refractivity contribution in [2.45, 2.75) is 26.0 Å². The Labute approximate surface area is 129 Å². The first-order valence-electron chi connectivity index (χ1n) is 7.44. The molecule has 0 atom stereocenters. The van der Waals surface area contributed by atoms with Gasteiger partial charge in [-0.15, -0.1) is 0 Å². The molecule has 0 saturated heterocycles. The van der Waals surface area contributed by atoms with Gasteiger partial charge in [-0.3, -0.25) is 4.79 Å². The van der Waals surface area contributed by atoms with E-state index in [1.54, 1.807) is 6.07 Å². The second-order valence-corrected chi connectivity index (χ2v) is 5.55. The van der Waals surface area contributed by atoms with Gasteiger partial charge in [0.15, 0.2) is 0 Å². The van der Waals surface area contributed by atoms with Crippen LogP contribution in [0.15, 0.2) is 48.5 Å². The Morgan fingerprint density at radius 1 is 1.14 bits per heavy atom. The molecule has 0 aliphatic heterocycles. The van der Waals surface area contributed by atoms with Crippen LogP contribution in [0.3, 0.4) is 0 Å². The molecule has 3 rings (SSSR count). The van der Waals surface area contributed by atoms with E-state index in [9.17, 15) is 9.18 Å². The fourth-order valence-electron chi connectivity index (χ4n) is 2.18. The van der Waals surface area contributed by atoms with Crippen LogP contribution in [0.4, 0.5) is 4.39 Å². The standard InChI is InChI=1S/C18H18FNO2/c19-16-3-1-2-14(10-16)12-22-17-8-4-13(5-9-17)11-20-18(21)15-6-7-15/h1-5,8-10,15H,6-7,11-12H2,(H,20,21). The molecule has 0 aromatic heterocycles. The minimum absolute atomic E-state index is 0.145. The molecule has 1 amide bonds. The van der Waals surface area contributed by atoms with Gasteiger partial charge in [0.2, 0.25) is 5.91 Å². The Bertz CT molecular complexity index is 650. The number of rotatable bonds is 6. The van der Waals surface area contributed by atoms with Gasteiger partial charge in [-0.2, -0.15) is 0 Å². The summed E-state index contributed by atoms with van der Waals surface area (Å²) < 4.78 is 18.7. The molecule has 1 fully saturated rings. The molecule has 0 heterocycles. The Kier molecular flexibility index (Phi) is 4.37. The summed E-state index contributed by atoms with van der Waals surface area (Å²) in [4.78, 5) is 11.6. The van der Waals surface area contributed by atoms with Crippen LogP contribution < -0.4 is 10.1 Å². The van der Waals surface area contributed by atoms with Crippen molar-refractivity contribution in [1.29, 1.82) is 0 Å². The molecule has 2 aromatic rings. The minimum Gasteiger partial charge on any atom is -0.489 e. The normalized spacial score (nSPS) is 13.7. The number of halogens is 1. The first-order chi connectivity index (χ1) is 10.7. The zero-order valence-corrected chi connectivity index (χ0v) is 12.2. The average molecular weight is 299 g/mol. The number of hydrogen-bond acceptors (Lipinski definition) is 2. The summed E-state index contributed by atoms with van der Waals surface area (Å²) in [5.41, 5.74) is 1.83. The number of benzene rings is 2. The average Bonchev–Trinajstić information content (AvgIpc) is 3.37. The summed E-state index contributed by atoms with van der Waals surface area (Å²) in [6, 6.07) is 13.9. The Balaban J connectivity index is 1.49. The van der Waals surface area contributed by atoms with Crippen LogP contribution in [0.25, 0.3) is 0 Å².